The van der Waals surface area contributed by atoms with Crippen molar-refractivity contribution < 1.29 is 0 Å². The third kappa shape index (κ3) is 7.90. The Bertz CT molecular complexity index is 1730. The van der Waals surface area contributed by atoms with Crippen molar-refractivity contribution in [3.05, 3.63) is 120 Å². The lowest BCUT2D eigenvalue weighted by Gasteiger charge is -2.12. The van der Waals surface area contributed by atoms with E-state index in [1.54, 1.807) is 0 Å². The van der Waals surface area contributed by atoms with Crippen molar-refractivity contribution in [2.45, 2.75) is 104 Å². The first kappa shape index (κ1) is 32.1. The first-order valence-corrected chi connectivity index (χ1v) is 18.3. The summed E-state index contributed by atoms with van der Waals surface area (Å²) in [5.41, 5.74) is 8.19. The van der Waals surface area contributed by atoms with Crippen LogP contribution in [-0.2, 0) is 12.8 Å². The van der Waals surface area contributed by atoms with Gasteiger partial charge in [0.1, 0.15) is 0 Å². The first-order valence-electron chi connectivity index (χ1n) is 18.3. The second-order valence-electron chi connectivity index (χ2n) is 13.5. The van der Waals surface area contributed by atoms with E-state index in [1.165, 1.54) is 156 Å². The quantitative estimate of drug-likeness (QED) is 0.0761. The molecule has 0 atom stereocenters. The normalized spacial score (nSPS) is 11.6. The number of hydrogen-bond acceptors (Lipinski definition) is 0. The van der Waals surface area contributed by atoms with E-state index in [-0.39, 0.29) is 0 Å². The summed E-state index contributed by atoms with van der Waals surface area (Å²) < 4.78 is 0. The Morgan fingerprint density at radius 1 is 0.326 bits per heavy atom. The highest BCUT2D eigenvalue weighted by Crippen LogP contribution is 2.35. The molecule has 6 aromatic carbocycles. The highest BCUT2D eigenvalue weighted by Gasteiger charge is 2.09. The number of aryl methyl sites for hydroxylation is 2. The largest absolute Gasteiger partial charge is 0.0654 e. The fraction of sp³-hybridized carbons (Fsp3) is 0.348. The third-order valence-corrected chi connectivity index (χ3v) is 9.99. The highest BCUT2D eigenvalue weighted by molar-refractivity contribution is 6.18. The summed E-state index contributed by atoms with van der Waals surface area (Å²) >= 11 is 0. The highest BCUT2D eigenvalue weighted by atomic mass is 14.1. The van der Waals surface area contributed by atoms with Gasteiger partial charge in [-0.15, -0.1) is 0 Å². The maximum Gasteiger partial charge on any atom is -0.00990 e. The minimum Gasteiger partial charge on any atom is -0.0654 e. The van der Waals surface area contributed by atoms with Crippen molar-refractivity contribution in [1.82, 2.24) is 0 Å². The van der Waals surface area contributed by atoms with Crippen LogP contribution >= 0.6 is 0 Å². The Morgan fingerprint density at radius 3 is 1.17 bits per heavy atom. The van der Waals surface area contributed by atoms with E-state index >= 15 is 0 Å². The van der Waals surface area contributed by atoms with Crippen molar-refractivity contribution in [2.75, 3.05) is 0 Å². The van der Waals surface area contributed by atoms with Crippen LogP contribution in [0, 0.1) is 0 Å². The second-order valence-corrected chi connectivity index (χ2v) is 13.5. The molecule has 0 heteroatoms. The number of rotatable bonds is 16. The SMILES string of the molecule is CCCCCCCCc1cccc(-c2ccc3c(ccc4c5ccc(-c6cccc(CCCCCCCC)c6)cc5ccc34)c2)c1. The van der Waals surface area contributed by atoms with Crippen LogP contribution in [0.15, 0.2) is 109 Å². The van der Waals surface area contributed by atoms with Crippen LogP contribution in [0.5, 0.6) is 0 Å². The molecular formula is C46H52. The zero-order chi connectivity index (χ0) is 31.6. The topological polar surface area (TPSA) is 0 Å². The van der Waals surface area contributed by atoms with Crippen LogP contribution in [0.2, 0.25) is 0 Å². The lowest BCUT2D eigenvalue weighted by molar-refractivity contribution is 0.607. The lowest BCUT2D eigenvalue weighted by atomic mass is 9.92. The van der Waals surface area contributed by atoms with E-state index in [2.05, 4.69) is 123 Å². The van der Waals surface area contributed by atoms with E-state index < -0.39 is 0 Å². The van der Waals surface area contributed by atoms with E-state index in [4.69, 9.17) is 0 Å². The van der Waals surface area contributed by atoms with Gasteiger partial charge in [-0.05, 0) is 104 Å². The molecule has 0 saturated heterocycles. The molecule has 0 bridgehead atoms. The van der Waals surface area contributed by atoms with Crippen molar-refractivity contribution in [3.63, 3.8) is 0 Å². The fourth-order valence-electron chi connectivity index (χ4n) is 7.28. The average Bonchev–Trinajstić information content (AvgIpc) is 3.10. The smallest absolute Gasteiger partial charge is 0.00990 e. The van der Waals surface area contributed by atoms with Gasteiger partial charge >= 0.3 is 0 Å². The molecule has 0 aliphatic carbocycles. The Balaban J connectivity index is 1.19. The van der Waals surface area contributed by atoms with Gasteiger partial charge in [0.25, 0.3) is 0 Å². The molecule has 0 amide bonds. The summed E-state index contributed by atoms with van der Waals surface area (Å²) in [7, 11) is 0. The summed E-state index contributed by atoms with van der Waals surface area (Å²) in [4.78, 5) is 0. The van der Waals surface area contributed by atoms with Gasteiger partial charge in [0, 0.05) is 0 Å². The molecule has 46 heavy (non-hydrogen) atoms. The van der Waals surface area contributed by atoms with E-state index in [0.717, 1.165) is 0 Å². The average molecular weight is 605 g/mol. The maximum atomic E-state index is 2.41. The number of hydrogen-bond donors (Lipinski definition) is 0. The maximum absolute atomic E-state index is 2.41. The van der Waals surface area contributed by atoms with Crippen LogP contribution in [-0.4, -0.2) is 0 Å². The zero-order valence-corrected chi connectivity index (χ0v) is 28.3. The number of unbranched alkanes of at least 4 members (excludes halogenated alkanes) is 10. The Kier molecular flexibility index (Phi) is 11.2. The molecule has 0 spiro atoms. The molecule has 0 fully saturated rings. The van der Waals surface area contributed by atoms with Crippen molar-refractivity contribution in [3.8, 4) is 22.3 Å². The molecular weight excluding hydrogens is 553 g/mol. The Labute approximate surface area is 277 Å². The van der Waals surface area contributed by atoms with Crippen molar-refractivity contribution >= 4 is 32.3 Å². The molecule has 0 nitrogen and oxygen atoms in total. The van der Waals surface area contributed by atoms with Crippen LogP contribution in [0.25, 0.3) is 54.6 Å². The van der Waals surface area contributed by atoms with Crippen LogP contribution in [0.3, 0.4) is 0 Å². The van der Waals surface area contributed by atoms with Gasteiger partial charge in [-0.1, -0.05) is 175 Å². The summed E-state index contributed by atoms with van der Waals surface area (Å²) in [5, 5.41) is 7.95. The van der Waals surface area contributed by atoms with Gasteiger partial charge in [-0.3, -0.25) is 0 Å². The van der Waals surface area contributed by atoms with Crippen LogP contribution < -0.4 is 0 Å². The molecule has 6 aromatic rings. The molecule has 0 aliphatic rings. The molecule has 0 heterocycles. The van der Waals surface area contributed by atoms with Gasteiger partial charge in [0.15, 0.2) is 0 Å². The molecule has 236 valence electrons. The molecule has 0 unspecified atom stereocenters. The second kappa shape index (κ2) is 16.1. The van der Waals surface area contributed by atoms with E-state index in [9.17, 15) is 0 Å². The van der Waals surface area contributed by atoms with Gasteiger partial charge in [0.05, 0.1) is 0 Å². The molecule has 0 N–H and O–H groups in total. The lowest BCUT2D eigenvalue weighted by Crippen LogP contribution is -1.89. The molecule has 0 aromatic heterocycles. The summed E-state index contributed by atoms with van der Waals surface area (Å²) in [6, 6.07) is 41.8. The van der Waals surface area contributed by atoms with E-state index in [0.29, 0.717) is 0 Å². The summed E-state index contributed by atoms with van der Waals surface area (Å²) in [6.45, 7) is 4.57. The third-order valence-electron chi connectivity index (χ3n) is 9.99. The monoisotopic (exact) mass is 604 g/mol. The van der Waals surface area contributed by atoms with Gasteiger partial charge in [0.2, 0.25) is 0 Å². The Hall–Kier alpha value is -3.90. The standard InChI is InChI=1S/C46H52/c1-3-5-7-9-11-13-17-35-19-15-21-37(31-35)39-23-27-43-41(33-39)25-29-46-44-28-24-40(34-42(44)26-30-45(43)46)38-22-16-20-36(32-38)18-14-12-10-8-6-4-2/h15-16,19-34H,3-14,17-18H2,1-2H3. The molecule has 0 radical (unpaired) electrons. The predicted molar refractivity (Wildman–Crippen MR) is 204 cm³/mol. The summed E-state index contributed by atoms with van der Waals surface area (Å²) in [5.74, 6) is 0. The number of fused-ring (bicyclic) bond motifs is 5. The molecule has 6 rings (SSSR count). The zero-order valence-electron chi connectivity index (χ0n) is 28.3. The number of benzene rings is 6. The first-order chi connectivity index (χ1) is 22.7. The van der Waals surface area contributed by atoms with E-state index in [1.807, 2.05) is 0 Å². The van der Waals surface area contributed by atoms with Crippen LogP contribution in [0.1, 0.15) is 102 Å². The van der Waals surface area contributed by atoms with Gasteiger partial charge in [-0.2, -0.15) is 0 Å². The summed E-state index contributed by atoms with van der Waals surface area (Å²) in [6.07, 6.45) is 18.5. The predicted octanol–water partition coefficient (Wildman–Crippen LogP) is 14.3. The van der Waals surface area contributed by atoms with Gasteiger partial charge < -0.3 is 0 Å². The van der Waals surface area contributed by atoms with Crippen LogP contribution in [0.4, 0.5) is 0 Å². The Morgan fingerprint density at radius 2 is 0.717 bits per heavy atom. The van der Waals surface area contributed by atoms with Gasteiger partial charge in [-0.25, -0.2) is 0 Å². The van der Waals surface area contributed by atoms with Crippen molar-refractivity contribution in [2.24, 2.45) is 0 Å². The van der Waals surface area contributed by atoms with Crippen molar-refractivity contribution in [1.29, 1.82) is 0 Å². The minimum atomic E-state index is 1.18. The molecule has 0 saturated carbocycles. The molecule has 0 aliphatic heterocycles. The fourth-order valence-corrected chi connectivity index (χ4v) is 7.28. The minimum absolute atomic E-state index is 1.18.